The maximum Gasteiger partial charge on any atom is 0.443 e. The summed E-state index contributed by atoms with van der Waals surface area (Å²) < 4.78 is 36.7. The first-order valence-electron chi connectivity index (χ1n) is 3.94. The number of rotatable bonds is 2. The molecule has 0 saturated carbocycles. The average molecular weight is 264 g/mol. The third-order valence-electron chi connectivity index (χ3n) is 1.63. The van der Waals surface area contributed by atoms with E-state index in [1.165, 1.54) is 11.7 Å². The van der Waals surface area contributed by atoms with Crippen LogP contribution in [0.2, 0.25) is 0 Å². The molecule has 0 amide bonds. The van der Waals surface area contributed by atoms with E-state index in [9.17, 15) is 18.0 Å². The summed E-state index contributed by atoms with van der Waals surface area (Å²) in [5.74, 6) is -0.476. The van der Waals surface area contributed by atoms with Gasteiger partial charge in [0.15, 0.2) is 5.01 Å². The van der Waals surface area contributed by atoms with Crippen LogP contribution in [-0.4, -0.2) is 15.8 Å². The molecule has 2 rings (SSSR count). The summed E-state index contributed by atoms with van der Waals surface area (Å²) in [6.07, 6.45) is -2.24. The monoisotopic (exact) mass is 264 g/mol. The number of nitrogens with zero attached hydrogens (tertiary/aromatic N) is 2. The number of aromatic nitrogens is 2. The molecule has 0 N–H and O–H groups in total. The van der Waals surface area contributed by atoms with E-state index < -0.39 is 17.0 Å². The van der Waals surface area contributed by atoms with E-state index in [4.69, 9.17) is 0 Å². The van der Waals surface area contributed by atoms with Crippen molar-refractivity contribution in [1.29, 1.82) is 0 Å². The maximum absolute atomic E-state index is 12.2. The molecule has 84 valence electrons. The lowest BCUT2D eigenvalue weighted by Gasteiger charge is -1.98. The van der Waals surface area contributed by atoms with Crippen LogP contribution in [0.1, 0.15) is 19.6 Å². The average Bonchev–Trinajstić information content (AvgIpc) is 2.87. The van der Waals surface area contributed by atoms with Crippen molar-refractivity contribution in [3.8, 4) is 0 Å². The second kappa shape index (κ2) is 3.95. The Morgan fingerprint density at radius 1 is 1.25 bits per heavy atom. The SMILES string of the molecule is O=C(c1cncs1)c1cnc(C(F)(F)F)s1. The lowest BCUT2D eigenvalue weighted by atomic mass is 10.3. The van der Waals surface area contributed by atoms with Crippen molar-refractivity contribution in [2.45, 2.75) is 6.18 Å². The summed E-state index contributed by atoms with van der Waals surface area (Å²) in [6, 6.07) is 0. The summed E-state index contributed by atoms with van der Waals surface area (Å²) >= 11 is 1.42. The third kappa shape index (κ3) is 2.12. The van der Waals surface area contributed by atoms with E-state index in [-0.39, 0.29) is 4.88 Å². The molecule has 0 aliphatic heterocycles. The number of carbonyl (C=O) groups is 1. The molecule has 2 aromatic heterocycles. The highest BCUT2D eigenvalue weighted by Gasteiger charge is 2.35. The summed E-state index contributed by atoms with van der Waals surface area (Å²) in [4.78, 5) is 18.8. The highest BCUT2D eigenvalue weighted by Crippen LogP contribution is 2.33. The number of hydrogen-bond donors (Lipinski definition) is 0. The van der Waals surface area contributed by atoms with Gasteiger partial charge in [0.05, 0.1) is 15.3 Å². The molecule has 16 heavy (non-hydrogen) atoms. The lowest BCUT2D eigenvalue weighted by molar-refractivity contribution is -0.137. The van der Waals surface area contributed by atoms with Gasteiger partial charge < -0.3 is 0 Å². The molecule has 0 radical (unpaired) electrons. The van der Waals surface area contributed by atoms with Crippen LogP contribution in [0.15, 0.2) is 17.9 Å². The first-order valence-corrected chi connectivity index (χ1v) is 5.64. The summed E-state index contributed by atoms with van der Waals surface area (Å²) in [6.45, 7) is 0. The summed E-state index contributed by atoms with van der Waals surface area (Å²) in [5.41, 5.74) is 1.44. The second-order valence-electron chi connectivity index (χ2n) is 2.72. The fraction of sp³-hybridized carbons (Fsp3) is 0.125. The smallest absolute Gasteiger partial charge is 0.287 e. The molecule has 0 aliphatic carbocycles. The molecule has 0 fully saturated rings. The van der Waals surface area contributed by atoms with Gasteiger partial charge in [-0.05, 0) is 0 Å². The molecule has 0 aromatic carbocycles. The van der Waals surface area contributed by atoms with Gasteiger partial charge in [-0.25, -0.2) is 4.98 Å². The van der Waals surface area contributed by atoms with Gasteiger partial charge in [0, 0.05) is 12.4 Å². The number of alkyl halides is 3. The molecule has 3 nitrogen and oxygen atoms in total. The fourth-order valence-electron chi connectivity index (χ4n) is 0.959. The fourth-order valence-corrected chi connectivity index (χ4v) is 2.34. The molecular formula is C8H3F3N2OS2. The van der Waals surface area contributed by atoms with Crippen LogP contribution in [0.3, 0.4) is 0 Å². The van der Waals surface area contributed by atoms with Gasteiger partial charge in [0.25, 0.3) is 0 Å². The minimum Gasteiger partial charge on any atom is -0.287 e. The predicted octanol–water partition coefficient (Wildman–Crippen LogP) is 2.85. The van der Waals surface area contributed by atoms with Crippen molar-refractivity contribution in [1.82, 2.24) is 9.97 Å². The zero-order chi connectivity index (χ0) is 11.8. The Kier molecular flexibility index (Phi) is 2.76. The normalized spacial score (nSPS) is 11.7. The molecular weight excluding hydrogens is 261 g/mol. The van der Waals surface area contributed by atoms with Crippen molar-refractivity contribution >= 4 is 28.5 Å². The van der Waals surface area contributed by atoms with Gasteiger partial charge in [0.1, 0.15) is 0 Å². The number of carbonyl (C=O) groups excluding carboxylic acids is 1. The Hall–Kier alpha value is -1.28. The minimum absolute atomic E-state index is 0.0309. The molecule has 0 unspecified atom stereocenters. The van der Waals surface area contributed by atoms with Crippen molar-refractivity contribution in [2.75, 3.05) is 0 Å². The minimum atomic E-state index is -4.50. The molecule has 2 heterocycles. The van der Waals surface area contributed by atoms with Crippen molar-refractivity contribution < 1.29 is 18.0 Å². The van der Waals surface area contributed by atoms with Crippen molar-refractivity contribution in [2.24, 2.45) is 0 Å². The van der Waals surface area contributed by atoms with Crippen LogP contribution in [0.4, 0.5) is 13.2 Å². The largest absolute Gasteiger partial charge is 0.443 e. The van der Waals surface area contributed by atoms with Gasteiger partial charge in [-0.1, -0.05) is 0 Å². The Balaban J connectivity index is 2.30. The van der Waals surface area contributed by atoms with E-state index in [0.717, 1.165) is 17.5 Å². The quantitative estimate of drug-likeness (QED) is 0.783. The third-order valence-corrected chi connectivity index (χ3v) is 3.44. The van der Waals surface area contributed by atoms with Crippen LogP contribution in [-0.2, 0) is 6.18 Å². The van der Waals surface area contributed by atoms with Gasteiger partial charge in [-0.2, -0.15) is 13.2 Å². The first kappa shape index (κ1) is 11.2. The highest BCUT2D eigenvalue weighted by atomic mass is 32.1. The molecule has 2 aromatic rings. The molecule has 8 heteroatoms. The van der Waals surface area contributed by atoms with Gasteiger partial charge in [-0.3, -0.25) is 9.78 Å². The van der Waals surface area contributed by atoms with Crippen LogP contribution < -0.4 is 0 Å². The van der Waals surface area contributed by atoms with E-state index >= 15 is 0 Å². The first-order chi connectivity index (χ1) is 7.48. The van der Waals surface area contributed by atoms with E-state index in [2.05, 4.69) is 9.97 Å². The lowest BCUT2D eigenvalue weighted by Crippen LogP contribution is -2.03. The summed E-state index contributed by atoms with van der Waals surface area (Å²) in [7, 11) is 0. The van der Waals surface area contributed by atoms with Crippen molar-refractivity contribution in [3.63, 3.8) is 0 Å². The molecule has 0 atom stereocenters. The molecule has 0 aliphatic rings. The van der Waals surface area contributed by atoms with E-state index in [0.29, 0.717) is 16.2 Å². The Labute approximate surface area is 95.6 Å². The van der Waals surface area contributed by atoms with E-state index in [1.54, 1.807) is 0 Å². The van der Waals surface area contributed by atoms with Gasteiger partial charge >= 0.3 is 6.18 Å². The molecule has 0 saturated heterocycles. The van der Waals surface area contributed by atoms with Gasteiger partial charge in [0.2, 0.25) is 5.78 Å². The van der Waals surface area contributed by atoms with E-state index in [1.807, 2.05) is 0 Å². The van der Waals surface area contributed by atoms with Crippen LogP contribution >= 0.6 is 22.7 Å². The number of ketones is 1. The van der Waals surface area contributed by atoms with Crippen molar-refractivity contribution in [3.05, 3.63) is 32.7 Å². The Bertz CT molecular complexity index is 504. The number of hydrogen-bond acceptors (Lipinski definition) is 5. The standard InChI is InChI=1S/C8H3F3N2OS2/c9-8(10,11)7-13-2-5(16-7)6(14)4-1-12-3-15-4/h1-3H. The zero-order valence-electron chi connectivity index (χ0n) is 7.49. The highest BCUT2D eigenvalue weighted by molar-refractivity contribution is 7.16. The van der Waals surface area contributed by atoms with Gasteiger partial charge in [-0.15, -0.1) is 22.7 Å². The molecule has 0 bridgehead atoms. The van der Waals surface area contributed by atoms with Crippen LogP contribution in [0.25, 0.3) is 0 Å². The summed E-state index contributed by atoms with van der Waals surface area (Å²) in [5, 5.41) is -1.01. The maximum atomic E-state index is 12.2. The molecule has 0 spiro atoms. The Morgan fingerprint density at radius 2 is 2.00 bits per heavy atom. The van der Waals surface area contributed by atoms with Crippen LogP contribution in [0, 0.1) is 0 Å². The predicted molar refractivity (Wildman–Crippen MR) is 52.7 cm³/mol. The number of thiazole rings is 2. The van der Waals surface area contributed by atoms with Crippen LogP contribution in [0.5, 0.6) is 0 Å². The topological polar surface area (TPSA) is 42.9 Å². The second-order valence-corrected chi connectivity index (χ2v) is 4.64. The number of halogens is 3. The Morgan fingerprint density at radius 3 is 2.50 bits per heavy atom. The zero-order valence-corrected chi connectivity index (χ0v) is 9.12.